The summed E-state index contributed by atoms with van der Waals surface area (Å²) in [7, 11) is -3.56. The van der Waals surface area contributed by atoms with Gasteiger partial charge in [-0.25, -0.2) is 12.9 Å². The Bertz CT molecular complexity index is 1380. The lowest BCUT2D eigenvalue weighted by Crippen LogP contribution is -2.40. The van der Waals surface area contributed by atoms with Crippen LogP contribution in [-0.2, 0) is 14.8 Å². The lowest BCUT2D eigenvalue weighted by atomic mass is 10.2. The fourth-order valence-electron chi connectivity index (χ4n) is 3.56. The number of ether oxygens (including phenoxy) is 2. The summed E-state index contributed by atoms with van der Waals surface area (Å²) in [4.78, 5) is 4.78. The molecule has 1 saturated heterocycles. The molecule has 10 heteroatoms. The molecular formula is C21H19ClN4O4S. The maximum absolute atomic E-state index is 12.8. The van der Waals surface area contributed by atoms with Gasteiger partial charge in [-0.3, -0.25) is 0 Å². The van der Waals surface area contributed by atoms with E-state index >= 15 is 0 Å². The van der Waals surface area contributed by atoms with Crippen LogP contribution in [0.5, 0.6) is 11.6 Å². The zero-order valence-electron chi connectivity index (χ0n) is 16.7. The number of rotatable bonds is 4. The minimum absolute atomic E-state index is 0.212. The smallest absolute Gasteiger partial charge is 0.243 e. The van der Waals surface area contributed by atoms with Crippen molar-refractivity contribution < 1.29 is 17.9 Å². The number of para-hydroxylation sites is 1. The highest BCUT2D eigenvalue weighted by molar-refractivity contribution is 7.89. The molecule has 0 saturated carbocycles. The molecule has 0 bridgehead atoms. The molecule has 1 aliphatic rings. The Morgan fingerprint density at radius 1 is 1.06 bits per heavy atom. The molecule has 1 fully saturated rings. The molecule has 2 aromatic carbocycles. The van der Waals surface area contributed by atoms with Crippen LogP contribution in [0.25, 0.3) is 16.6 Å². The first-order valence-corrected chi connectivity index (χ1v) is 11.6. The third-order valence-corrected chi connectivity index (χ3v) is 7.54. The molecule has 0 unspecified atom stereocenters. The monoisotopic (exact) mass is 458 g/mol. The lowest BCUT2D eigenvalue weighted by Gasteiger charge is -2.26. The minimum atomic E-state index is -3.56. The average Bonchev–Trinajstić information content (AvgIpc) is 3.09. The third kappa shape index (κ3) is 3.53. The van der Waals surface area contributed by atoms with Crippen LogP contribution < -0.4 is 4.74 Å². The Morgan fingerprint density at radius 2 is 1.77 bits per heavy atom. The minimum Gasteiger partial charge on any atom is -0.438 e. The number of sulfonamides is 1. The van der Waals surface area contributed by atoms with Crippen molar-refractivity contribution in [1.82, 2.24) is 18.9 Å². The zero-order chi connectivity index (χ0) is 21.6. The van der Waals surface area contributed by atoms with Gasteiger partial charge in [0.25, 0.3) is 0 Å². The van der Waals surface area contributed by atoms with E-state index in [0.29, 0.717) is 54.3 Å². The van der Waals surface area contributed by atoms with Gasteiger partial charge in [0.2, 0.25) is 15.9 Å². The maximum atomic E-state index is 12.8. The molecule has 2 aromatic heterocycles. The highest BCUT2D eigenvalue weighted by Gasteiger charge is 2.26. The molecular weight excluding hydrogens is 440 g/mol. The predicted octanol–water partition coefficient (Wildman–Crippen LogP) is 3.66. The van der Waals surface area contributed by atoms with Crippen LogP contribution >= 0.6 is 11.6 Å². The summed E-state index contributed by atoms with van der Waals surface area (Å²) >= 11 is 6.38. The van der Waals surface area contributed by atoms with Crippen LogP contribution in [0.2, 0.25) is 5.02 Å². The highest BCUT2D eigenvalue weighted by atomic mass is 35.5. The van der Waals surface area contributed by atoms with Crippen LogP contribution in [-0.4, -0.2) is 53.6 Å². The SMILES string of the molecule is Cc1nn2c(nc(Oc3ccc(S(=O)(=O)N4CCOCC4)cc3)c3ccccc32)c1Cl. The van der Waals surface area contributed by atoms with E-state index in [1.807, 2.05) is 31.2 Å². The van der Waals surface area contributed by atoms with Gasteiger partial charge >= 0.3 is 0 Å². The molecule has 31 heavy (non-hydrogen) atoms. The van der Waals surface area contributed by atoms with Crippen LogP contribution in [0, 0.1) is 6.92 Å². The van der Waals surface area contributed by atoms with Crippen molar-refractivity contribution in [2.24, 2.45) is 0 Å². The molecule has 160 valence electrons. The van der Waals surface area contributed by atoms with Crippen molar-refractivity contribution in [2.45, 2.75) is 11.8 Å². The van der Waals surface area contributed by atoms with E-state index in [0.717, 1.165) is 10.9 Å². The first kappa shape index (κ1) is 20.2. The normalized spacial score (nSPS) is 15.5. The highest BCUT2D eigenvalue weighted by Crippen LogP contribution is 2.32. The van der Waals surface area contributed by atoms with Crippen molar-refractivity contribution in [1.29, 1.82) is 0 Å². The molecule has 0 radical (unpaired) electrons. The largest absolute Gasteiger partial charge is 0.438 e. The van der Waals surface area contributed by atoms with Gasteiger partial charge < -0.3 is 9.47 Å². The number of hydrogen-bond acceptors (Lipinski definition) is 6. The zero-order valence-corrected chi connectivity index (χ0v) is 18.2. The van der Waals surface area contributed by atoms with E-state index in [-0.39, 0.29) is 4.90 Å². The first-order valence-electron chi connectivity index (χ1n) is 9.74. The molecule has 0 spiro atoms. The Morgan fingerprint density at radius 3 is 2.52 bits per heavy atom. The van der Waals surface area contributed by atoms with Crippen LogP contribution in [0.1, 0.15) is 5.69 Å². The Kier molecular flexibility index (Phi) is 5.05. The first-order chi connectivity index (χ1) is 14.9. The molecule has 4 aromatic rings. The lowest BCUT2D eigenvalue weighted by molar-refractivity contribution is 0.0730. The van der Waals surface area contributed by atoms with Crippen molar-refractivity contribution in [2.75, 3.05) is 26.3 Å². The fraction of sp³-hybridized carbons (Fsp3) is 0.238. The predicted molar refractivity (Wildman–Crippen MR) is 116 cm³/mol. The van der Waals surface area contributed by atoms with Crippen molar-refractivity contribution in [3.8, 4) is 11.6 Å². The molecule has 0 aliphatic carbocycles. The summed E-state index contributed by atoms with van der Waals surface area (Å²) in [6, 6.07) is 13.9. The molecule has 0 N–H and O–H groups in total. The second kappa shape index (κ2) is 7.76. The van der Waals surface area contributed by atoms with Gasteiger partial charge in [-0.05, 0) is 43.3 Å². The fourth-order valence-corrected chi connectivity index (χ4v) is 5.13. The molecule has 5 rings (SSSR count). The summed E-state index contributed by atoms with van der Waals surface area (Å²) in [5, 5.41) is 5.68. The third-order valence-electron chi connectivity index (χ3n) is 5.18. The second-order valence-electron chi connectivity index (χ2n) is 7.16. The standard InChI is InChI=1S/C21H19ClN4O4S/c1-14-19(22)20-23-21(17-4-2-3-5-18(17)26(20)24-14)30-15-6-8-16(9-7-15)31(27,28)25-10-12-29-13-11-25/h2-9H,10-13H2,1H3. The summed E-state index contributed by atoms with van der Waals surface area (Å²) < 4.78 is 40.0. The second-order valence-corrected chi connectivity index (χ2v) is 9.47. The van der Waals surface area contributed by atoms with Gasteiger partial charge in [-0.15, -0.1) is 0 Å². The van der Waals surface area contributed by atoms with E-state index in [9.17, 15) is 8.42 Å². The summed E-state index contributed by atoms with van der Waals surface area (Å²) in [6.07, 6.45) is 0. The van der Waals surface area contributed by atoms with E-state index in [4.69, 9.17) is 21.1 Å². The van der Waals surface area contributed by atoms with Crippen LogP contribution in [0.15, 0.2) is 53.4 Å². The van der Waals surface area contributed by atoms with Gasteiger partial charge in [-0.2, -0.15) is 14.4 Å². The van der Waals surface area contributed by atoms with Crippen LogP contribution in [0.3, 0.4) is 0 Å². The molecule has 0 atom stereocenters. The molecule has 1 aliphatic heterocycles. The molecule has 0 amide bonds. The quantitative estimate of drug-likeness (QED) is 0.464. The summed E-state index contributed by atoms with van der Waals surface area (Å²) in [5.74, 6) is 0.837. The topological polar surface area (TPSA) is 86.0 Å². The van der Waals surface area contributed by atoms with Crippen LogP contribution in [0.4, 0.5) is 0 Å². The average molecular weight is 459 g/mol. The maximum Gasteiger partial charge on any atom is 0.243 e. The van der Waals surface area contributed by atoms with E-state index in [2.05, 4.69) is 10.1 Å². The van der Waals surface area contributed by atoms with Gasteiger partial charge in [0.1, 0.15) is 10.8 Å². The van der Waals surface area contributed by atoms with E-state index in [1.54, 1.807) is 16.6 Å². The number of aryl methyl sites for hydroxylation is 1. The summed E-state index contributed by atoms with van der Waals surface area (Å²) in [6.45, 7) is 3.32. The van der Waals surface area contributed by atoms with Crippen molar-refractivity contribution >= 4 is 38.2 Å². The van der Waals surface area contributed by atoms with E-state index in [1.165, 1.54) is 16.4 Å². The number of aromatic nitrogens is 3. The Balaban J connectivity index is 1.50. The van der Waals surface area contributed by atoms with Crippen molar-refractivity contribution in [3.63, 3.8) is 0 Å². The molecule has 3 heterocycles. The van der Waals surface area contributed by atoms with Gasteiger partial charge in [0.05, 0.1) is 34.7 Å². The number of hydrogen-bond donors (Lipinski definition) is 0. The number of benzene rings is 2. The number of morpholine rings is 1. The van der Waals surface area contributed by atoms with Gasteiger partial charge in [0.15, 0.2) is 5.65 Å². The molecule has 8 nitrogen and oxygen atoms in total. The van der Waals surface area contributed by atoms with Gasteiger partial charge in [0, 0.05) is 13.1 Å². The van der Waals surface area contributed by atoms with Crippen molar-refractivity contribution in [3.05, 3.63) is 59.2 Å². The van der Waals surface area contributed by atoms with E-state index < -0.39 is 10.0 Å². The Hall–Kier alpha value is -2.72. The number of nitrogens with zero attached hydrogens (tertiary/aromatic N) is 4. The Labute approximate surface area is 184 Å². The van der Waals surface area contributed by atoms with Gasteiger partial charge in [-0.1, -0.05) is 23.7 Å². The summed E-state index contributed by atoms with van der Waals surface area (Å²) in [5.41, 5.74) is 1.98. The number of halogens is 1. The number of fused-ring (bicyclic) bond motifs is 3.